The number of morpholine rings is 1. The summed E-state index contributed by atoms with van der Waals surface area (Å²) in [5.74, 6) is 1.36. The van der Waals surface area contributed by atoms with Gasteiger partial charge in [0.2, 0.25) is 0 Å². The molecule has 0 N–H and O–H groups in total. The normalized spacial score (nSPS) is 19.5. The largest absolute Gasteiger partial charge is 0.374 e. The monoisotopic (exact) mass is 428 g/mol. The number of benzene rings is 1. The third kappa shape index (κ3) is 3.36. The number of anilines is 1. The van der Waals surface area contributed by atoms with E-state index in [4.69, 9.17) is 21.3 Å². The number of aromatic nitrogens is 3. The van der Waals surface area contributed by atoms with Crippen LogP contribution >= 0.6 is 11.6 Å². The molecule has 1 saturated carbocycles. The predicted molar refractivity (Wildman–Crippen MR) is 115 cm³/mol. The smallest absolute Gasteiger partial charge is 0.263 e. The van der Waals surface area contributed by atoms with E-state index in [9.17, 15) is 9.18 Å². The molecule has 1 aliphatic carbocycles. The number of halogens is 2. The summed E-state index contributed by atoms with van der Waals surface area (Å²) >= 11 is 5.94. The Kier molecular flexibility index (Phi) is 4.75. The maximum atomic E-state index is 14.8. The molecule has 8 heteroatoms. The number of pyridine rings is 1. The molecule has 2 fully saturated rings. The minimum Gasteiger partial charge on any atom is -0.374 e. The average Bonchev–Trinajstić information content (AvgIpc) is 3.57. The summed E-state index contributed by atoms with van der Waals surface area (Å²) < 4.78 is 22.2. The lowest BCUT2D eigenvalue weighted by atomic mass is 10.1. The van der Waals surface area contributed by atoms with Crippen molar-refractivity contribution in [3.63, 3.8) is 0 Å². The van der Waals surface area contributed by atoms with E-state index in [1.54, 1.807) is 26.1 Å². The van der Waals surface area contributed by atoms with Gasteiger partial charge in [0.05, 0.1) is 29.3 Å². The molecule has 1 atom stereocenters. The number of aryl methyl sites for hydroxylation is 1. The molecule has 1 aliphatic heterocycles. The van der Waals surface area contributed by atoms with Crippen LogP contribution in [0.15, 0.2) is 29.1 Å². The number of hydrogen-bond acceptors (Lipinski definition) is 5. The Bertz CT molecular complexity index is 1210. The van der Waals surface area contributed by atoms with Gasteiger partial charge < -0.3 is 9.64 Å². The first-order valence-corrected chi connectivity index (χ1v) is 10.5. The van der Waals surface area contributed by atoms with Crippen LogP contribution in [0.1, 0.15) is 18.7 Å². The Morgan fingerprint density at radius 2 is 2.03 bits per heavy atom. The molecule has 0 amide bonds. The van der Waals surface area contributed by atoms with E-state index in [1.165, 1.54) is 23.5 Å². The number of ether oxygens (including phenoxy) is 1. The predicted octanol–water partition coefficient (Wildman–Crippen LogP) is 3.71. The van der Waals surface area contributed by atoms with Gasteiger partial charge in [0.25, 0.3) is 5.56 Å². The van der Waals surface area contributed by atoms with Crippen molar-refractivity contribution in [3.8, 4) is 11.3 Å². The summed E-state index contributed by atoms with van der Waals surface area (Å²) in [6.45, 7) is 3.82. The maximum Gasteiger partial charge on any atom is 0.263 e. The van der Waals surface area contributed by atoms with E-state index >= 15 is 0 Å². The lowest BCUT2D eigenvalue weighted by Crippen LogP contribution is -2.44. The quantitative estimate of drug-likeness (QED) is 0.636. The van der Waals surface area contributed by atoms with E-state index in [0.717, 1.165) is 6.54 Å². The average molecular weight is 429 g/mol. The van der Waals surface area contributed by atoms with Crippen LogP contribution in [-0.2, 0) is 11.8 Å². The highest BCUT2D eigenvalue weighted by atomic mass is 35.5. The first-order valence-electron chi connectivity index (χ1n) is 10.1. The van der Waals surface area contributed by atoms with Gasteiger partial charge in [-0.3, -0.25) is 9.36 Å². The van der Waals surface area contributed by atoms with Crippen LogP contribution in [-0.4, -0.2) is 40.3 Å². The number of nitrogens with zero attached hydrogens (tertiary/aromatic N) is 4. The number of rotatable bonds is 3. The van der Waals surface area contributed by atoms with Gasteiger partial charge in [-0.25, -0.2) is 14.4 Å². The highest BCUT2D eigenvalue weighted by Crippen LogP contribution is 2.37. The summed E-state index contributed by atoms with van der Waals surface area (Å²) in [6.07, 6.45) is 2.58. The minimum atomic E-state index is -0.520. The summed E-state index contributed by atoms with van der Waals surface area (Å²) in [5.41, 5.74) is 0.790. The zero-order valence-corrected chi connectivity index (χ0v) is 17.6. The van der Waals surface area contributed by atoms with Crippen molar-refractivity contribution in [2.45, 2.75) is 25.9 Å². The van der Waals surface area contributed by atoms with E-state index in [2.05, 4.69) is 9.88 Å². The van der Waals surface area contributed by atoms with Gasteiger partial charge in [0.1, 0.15) is 17.5 Å². The van der Waals surface area contributed by atoms with E-state index < -0.39 is 5.82 Å². The van der Waals surface area contributed by atoms with Crippen LogP contribution in [0.25, 0.3) is 22.2 Å². The van der Waals surface area contributed by atoms with Gasteiger partial charge >= 0.3 is 0 Å². The van der Waals surface area contributed by atoms with Crippen molar-refractivity contribution in [2.24, 2.45) is 13.0 Å². The van der Waals surface area contributed by atoms with Crippen molar-refractivity contribution in [3.05, 3.63) is 51.3 Å². The second-order valence-corrected chi connectivity index (χ2v) is 8.50. The first kappa shape index (κ1) is 19.5. The van der Waals surface area contributed by atoms with Gasteiger partial charge in [-0.2, -0.15) is 0 Å². The van der Waals surface area contributed by atoms with Crippen LogP contribution in [0.3, 0.4) is 0 Å². The van der Waals surface area contributed by atoms with Gasteiger partial charge in [-0.15, -0.1) is 0 Å². The van der Waals surface area contributed by atoms with E-state index in [0.29, 0.717) is 52.3 Å². The molecule has 3 aromatic rings. The second-order valence-electron chi connectivity index (χ2n) is 8.06. The van der Waals surface area contributed by atoms with Crippen molar-refractivity contribution in [1.82, 2.24) is 14.5 Å². The Balaban J connectivity index is 1.71. The van der Waals surface area contributed by atoms with Crippen LogP contribution in [0, 0.1) is 18.7 Å². The fourth-order valence-corrected chi connectivity index (χ4v) is 4.22. The molecule has 1 saturated heterocycles. The summed E-state index contributed by atoms with van der Waals surface area (Å²) in [6, 6.07) is 6.23. The van der Waals surface area contributed by atoms with Crippen molar-refractivity contribution in [1.29, 1.82) is 0 Å². The van der Waals surface area contributed by atoms with Gasteiger partial charge in [-0.05, 0) is 43.9 Å². The fourth-order valence-electron chi connectivity index (χ4n) is 4.06. The molecular weight excluding hydrogens is 407 g/mol. The van der Waals surface area contributed by atoms with Gasteiger partial charge in [0.15, 0.2) is 0 Å². The lowest BCUT2D eigenvalue weighted by molar-refractivity contribution is 0.0261. The van der Waals surface area contributed by atoms with E-state index in [-0.39, 0.29) is 17.2 Å². The number of fused-ring (bicyclic) bond motifs is 1. The molecule has 156 valence electrons. The summed E-state index contributed by atoms with van der Waals surface area (Å²) in [4.78, 5) is 24.6. The van der Waals surface area contributed by atoms with Crippen LogP contribution < -0.4 is 10.5 Å². The Morgan fingerprint density at radius 3 is 2.77 bits per heavy atom. The molecule has 2 aromatic heterocycles. The first-order chi connectivity index (χ1) is 14.4. The third-order valence-electron chi connectivity index (χ3n) is 6.02. The molecular formula is C22H22ClFN4O2. The molecule has 6 nitrogen and oxygen atoms in total. The summed E-state index contributed by atoms with van der Waals surface area (Å²) in [5, 5.41) is 0.596. The zero-order chi connectivity index (χ0) is 21.0. The molecule has 0 bridgehead atoms. The second kappa shape index (κ2) is 7.32. The fraction of sp³-hybridized carbons (Fsp3) is 0.409. The number of hydrogen-bond donors (Lipinski definition) is 0. The zero-order valence-electron chi connectivity index (χ0n) is 16.9. The molecule has 1 aromatic carbocycles. The molecule has 2 aliphatic rings. The molecule has 1 unspecified atom stereocenters. The molecule has 5 rings (SSSR count). The van der Waals surface area contributed by atoms with Gasteiger partial charge in [0, 0.05) is 36.8 Å². The van der Waals surface area contributed by atoms with Crippen molar-refractivity contribution in [2.75, 3.05) is 24.6 Å². The highest BCUT2D eigenvalue weighted by Gasteiger charge is 2.36. The lowest BCUT2D eigenvalue weighted by Gasteiger charge is -2.34. The standard InChI is InChI=1S/C22H22ClFN4O2/c1-12-25-17-10-19(28-7-8-30-18(11-28)13-3-4-13)26-21(20(17)22(29)27(12)2)15-6-5-14(23)9-16(15)24/h5-6,9-10,13,18H,3-4,7-8,11H2,1-2H3. The maximum absolute atomic E-state index is 14.8. The Morgan fingerprint density at radius 1 is 1.23 bits per heavy atom. The Hall–Kier alpha value is -2.51. The molecule has 30 heavy (non-hydrogen) atoms. The molecule has 3 heterocycles. The minimum absolute atomic E-state index is 0.185. The highest BCUT2D eigenvalue weighted by molar-refractivity contribution is 6.30. The topological polar surface area (TPSA) is 60.2 Å². The van der Waals surface area contributed by atoms with Crippen molar-refractivity contribution < 1.29 is 9.13 Å². The Labute approximate surface area is 178 Å². The molecule has 0 radical (unpaired) electrons. The summed E-state index contributed by atoms with van der Waals surface area (Å²) in [7, 11) is 1.65. The molecule has 0 spiro atoms. The van der Waals surface area contributed by atoms with Crippen LogP contribution in [0.4, 0.5) is 10.2 Å². The SMILES string of the molecule is Cc1nc2cc(N3CCOC(C4CC4)C3)nc(-c3ccc(Cl)cc3F)c2c(=O)n1C. The van der Waals surface area contributed by atoms with Crippen LogP contribution in [0.2, 0.25) is 5.02 Å². The third-order valence-corrected chi connectivity index (χ3v) is 6.26. The van der Waals surface area contributed by atoms with Crippen molar-refractivity contribution >= 4 is 28.3 Å². The van der Waals surface area contributed by atoms with Crippen LogP contribution in [0.5, 0.6) is 0 Å². The van der Waals surface area contributed by atoms with Gasteiger partial charge in [-0.1, -0.05) is 11.6 Å². The van der Waals surface area contributed by atoms with E-state index in [1.807, 2.05) is 6.07 Å².